The molecule has 1 saturated heterocycles. The predicted octanol–water partition coefficient (Wildman–Crippen LogP) is 2.67. The number of carbonyl (C=O) groups is 1. The van der Waals surface area contributed by atoms with Crippen LogP contribution in [0.25, 0.3) is 0 Å². The molecule has 0 unspecified atom stereocenters. The van der Waals surface area contributed by atoms with Crippen molar-refractivity contribution in [2.24, 2.45) is 0 Å². The predicted molar refractivity (Wildman–Crippen MR) is 109 cm³/mol. The summed E-state index contributed by atoms with van der Waals surface area (Å²) in [5.74, 6) is 1.41. The fourth-order valence-corrected chi connectivity index (χ4v) is 2.89. The molecule has 0 spiro atoms. The van der Waals surface area contributed by atoms with Gasteiger partial charge in [0.1, 0.15) is 11.6 Å². The summed E-state index contributed by atoms with van der Waals surface area (Å²) in [6, 6.07) is 11.3. The molecule has 1 aromatic heterocycles. The summed E-state index contributed by atoms with van der Waals surface area (Å²) in [6.45, 7) is 8.81. The molecule has 0 saturated carbocycles. The van der Waals surface area contributed by atoms with Gasteiger partial charge >= 0.3 is 0 Å². The molecular formula is C21H28N4O3. The number of aromatic nitrogens is 1. The van der Waals surface area contributed by atoms with Crippen molar-refractivity contribution in [1.82, 2.24) is 15.2 Å². The van der Waals surface area contributed by atoms with Crippen molar-refractivity contribution in [1.29, 1.82) is 0 Å². The van der Waals surface area contributed by atoms with Gasteiger partial charge in [0.25, 0.3) is 5.91 Å². The summed E-state index contributed by atoms with van der Waals surface area (Å²) in [5, 5.41) is 6.16. The van der Waals surface area contributed by atoms with Gasteiger partial charge in [-0.05, 0) is 50.2 Å². The molecular weight excluding hydrogens is 356 g/mol. The molecule has 3 rings (SSSR count). The molecule has 1 fully saturated rings. The largest absolute Gasteiger partial charge is 0.491 e. The summed E-state index contributed by atoms with van der Waals surface area (Å²) in [4.78, 5) is 18.9. The first-order valence-corrected chi connectivity index (χ1v) is 9.68. The van der Waals surface area contributed by atoms with E-state index in [1.165, 1.54) is 0 Å². The standard InChI is InChI=1S/C21H28N4O3/c1-16(2)28-19-6-4-18(5-7-19)24-20-8-3-17(15-23-20)21(26)22-9-10-25-11-13-27-14-12-25/h3-8,15-16H,9-14H2,1-2H3,(H,22,26)(H,23,24). The average Bonchev–Trinajstić information content (AvgIpc) is 2.70. The molecule has 2 aromatic rings. The third kappa shape index (κ3) is 6.21. The van der Waals surface area contributed by atoms with E-state index in [2.05, 4.69) is 20.5 Å². The van der Waals surface area contributed by atoms with Gasteiger partial charge in [0.05, 0.1) is 24.9 Å². The van der Waals surface area contributed by atoms with Crippen molar-refractivity contribution in [3.63, 3.8) is 0 Å². The van der Waals surface area contributed by atoms with E-state index >= 15 is 0 Å². The normalized spacial score (nSPS) is 14.7. The lowest BCUT2D eigenvalue weighted by atomic mass is 10.2. The number of nitrogens with zero attached hydrogens (tertiary/aromatic N) is 2. The zero-order chi connectivity index (χ0) is 19.8. The van der Waals surface area contributed by atoms with Crippen molar-refractivity contribution in [3.8, 4) is 5.75 Å². The zero-order valence-electron chi connectivity index (χ0n) is 16.5. The lowest BCUT2D eigenvalue weighted by molar-refractivity contribution is 0.0383. The van der Waals surface area contributed by atoms with Crippen molar-refractivity contribution < 1.29 is 14.3 Å². The molecule has 1 aliphatic rings. The minimum Gasteiger partial charge on any atom is -0.491 e. The topological polar surface area (TPSA) is 75.7 Å². The smallest absolute Gasteiger partial charge is 0.252 e. The van der Waals surface area contributed by atoms with Crippen LogP contribution in [0.4, 0.5) is 11.5 Å². The van der Waals surface area contributed by atoms with Gasteiger partial charge in [-0.3, -0.25) is 9.69 Å². The quantitative estimate of drug-likeness (QED) is 0.729. The molecule has 0 atom stereocenters. The van der Waals surface area contributed by atoms with Gasteiger partial charge in [-0.2, -0.15) is 0 Å². The lowest BCUT2D eigenvalue weighted by Crippen LogP contribution is -2.41. The van der Waals surface area contributed by atoms with Gasteiger partial charge in [0.2, 0.25) is 0 Å². The highest BCUT2D eigenvalue weighted by atomic mass is 16.5. The van der Waals surface area contributed by atoms with E-state index in [1.54, 1.807) is 18.3 Å². The first kappa shape index (κ1) is 20.1. The summed E-state index contributed by atoms with van der Waals surface area (Å²) < 4.78 is 11.0. The molecule has 1 aliphatic heterocycles. The molecule has 28 heavy (non-hydrogen) atoms. The second-order valence-electron chi connectivity index (χ2n) is 6.96. The number of anilines is 2. The first-order valence-electron chi connectivity index (χ1n) is 9.68. The number of ether oxygens (including phenoxy) is 2. The molecule has 0 bridgehead atoms. The Labute approximate surface area is 166 Å². The molecule has 1 aromatic carbocycles. The van der Waals surface area contributed by atoms with Crippen LogP contribution in [0.3, 0.4) is 0 Å². The number of morpholine rings is 1. The Hall–Kier alpha value is -2.64. The van der Waals surface area contributed by atoms with Crippen LogP contribution in [-0.4, -0.2) is 61.3 Å². The first-order chi connectivity index (χ1) is 13.6. The average molecular weight is 384 g/mol. The Balaban J connectivity index is 1.46. The van der Waals surface area contributed by atoms with Gasteiger partial charge in [0.15, 0.2) is 0 Å². The highest BCUT2D eigenvalue weighted by molar-refractivity contribution is 5.94. The molecule has 1 amide bonds. The number of nitrogens with one attached hydrogen (secondary N) is 2. The monoisotopic (exact) mass is 384 g/mol. The summed E-state index contributed by atoms with van der Waals surface area (Å²) in [7, 11) is 0. The van der Waals surface area contributed by atoms with Crippen LogP contribution >= 0.6 is 0 Å². The molecule has 0 aliphatic carbocycles. The van der Waals surface area contributed by atoms with Gasteiger partial charge in [-0.25, -0.2) is 4.98 Å². The summed E-state index contributed by atoms with van der Waals surface area (Å²) in [5.41, 5.74) is 1.46. The van der Waals surface area contributed by atoms with E-state index in [-0.39, 0.29) is 12.0 Å². The Morgan fingerprint density at radius 3 is 2.57 bits per heavy atom. The number of carbonyl (C=O) groups excluding carboxylic acids is 1. The highest BCUT2D eigenvalue weighted by Crippen LogP contribution is 2.19. The Kier molecular flexibility index (Phi) is 7.22. The van der Waals surface area contributed by atoms with Crippen LogP contribution in [0, 0.1) is 0 Å². The highest BCUT2D eigenvalue weighted by Gasteiger charge is 2.11. The minimum atomic E-state index is -0.109. The maximum absolute atomic E-state index is 12.3. The van der Waals surface area contributed by atoms with E-state index in [1.807, 2.05) is 38.1 Å². The van der Waals surface area contributed by atoms with Crippen LogP contribution in [-0.2, 0) is 4.74 Å². The van der Waals surface area contributed by atoms with Gasteiger partial charge in [-0.15, -0.1) is 0 Å². The van der Waals surface area contributed by atoms with Crippen LogP contribution in [0.2, 0.25) is 0 Å². The number of benzene rings is 1. The van der Waals surface area contributed by atoms with Crippen molar-refractivity contribution >= 4 is 17.4 Å². The number of hydrogen-bond acceptors (Lipinski definition) is 6. The Morgan fingerprint density at radius 1 is 1.18 bits per heavy atom. The fraction of sp³-hybridized carbons (Fsp3) is 0.429. The van der Waals surface area contributed by atoms with Crippen LogP contribution in [0.1, 0.15) is 24.2 Å². The van der Waals surface area contributed by atoms with Gasteiger partial charge in [-0.1, -0.05) is 0 Å². The SMILES string of the molecule is CC(C)Oc1ccc(Nc2ccc(C(=O)NCCN3CCOCC3)cn2)cc1. The lowest BCUT2D eigenvalue weighted by Gasteiger charge is -2.26. The number of hydrogen-bond donors (Lipinski definition) is 2. The van der Waals surface area contributed by atoms with Crippen LogP contribution in [0.15, 0.2) is 42.6 Å². The molecule has 150 valence electrons. The second kappa shape index (κ2) is 10.1. The van der Waals surface area contributed by atoms with Crippen molar-refractivity contribution in [2.45, 2.75) is 20.0 Å². The second-order valence-corrected chi connectivity index (χ2v) is 6.96. The van der Waals surface area contributed by atoms with Crippen LogP contribution < -0.4 is 15.4 Å². The number of rotatable bonds is 8. The molecule has 0 radical (unpaired) electrons. The molecule has 2 heterocycles. The van der Waals surface area contributed by atoms with E-state index in [9.17, 15) is 4.79 Å². The Bertz CT molecular complexity index is 741. The fourth-order valence-electron chi connectivity index (χ4n) is 2.89. The third-order valence-corrected chi connectivity index (χ3v) is 4.34. The Morgan fingerprint density at radius 2 is 1.93 bits per heavy atom. The molecule has 7 heteroatoms. The van der Waals surface area contributed by atoms with Gasteiger partial charge < -0.3 is 20.1 Å². The minimum absolute atomic E-state index is 0.109. The summed E-state index contributed by atoms with van der Waals surface area (Å²) in [6.07, 6.45) is 1.73. The van der Waals surface area contributed by atoms with E-state index in [0.717, 1.165) is 44.3 Å². The number of amides is 1. The molecule has 2 N–H and O–H groups in total. The maximum atomic E-state index is 12.3. The van der Waals surface area contributed by atoms with Crippen molar-refractivity contribution in [2.75, 3.05) is 44.7 Å². The summed E-state index contributed by atoms with van der Waals surface area (Å²) >= 11 is 0. The molecule has 7 nitrogen and oxygen atoms in total. The van der Waals surface area contributed by atoms with Crippen LogP contribution in [0.5, 0.6) is 5.75 Å². The van der Waals surface area contributed by atoms with Gasteiger partial charge in [0, 0.05) is 38.1 Å². The van der Waals surface area contributed by atoms with E-state index < -0.39 is 0 Å². The van der Waals surface area contributed by atoms with E-state index in [0.29, 0.717) is 17.9 Å². The maximum Gasteiger partial charge on any atom is 0.252 e. The van der Waals surface area contributed by atoms with Crippen molar-refractivity contribution in [3.05, 3.63) is 48.2 Å². The van der Waals surface area contributed by atoms with E-state index in [4.69, 9.17) is 9.47 Å². The third-order valence-electron chi connectivity index (χ3n) is 4.34. The zero-order valence-corrected chi connectivity index (χ0v) is 16.5. The number of pyridine rings is 1.